The van der Waals surface area contributed by atoms with Gasteiger partial charge in [-0.15, -0.1) is 0 Å². The summed E-state index contributed by atoms with van der Waals surface area (Å²) in [5.41, 5.74) is 11.6. The molecule has 3 heterocycles. The number of nitrogens with zero attached hydrogens (tertiary/aromatic N) is 3. The number of hydrogen-bond acceptors (Lipinski definition) is 5. The number of pyridine rings is 2. The molecule has 7 heteroatoms. The molecule has 29 heavy (non-hydrogen) atoms. The average molecular weight is 515 g/mol. The number of aromatic nitrogens is 3. The zero-order valence-corrected chi connectivity index (χ0v) is 18.9. The van der Waals surface area contributed by atoms with Crippen molar-refractivity contribution in [2.45, 2.75) is 37.8 Å². The van der Waals surface area contributed by atoms with E-state index in [9.17, 15) is 0 Å². The summed E-state index contributed by atoms with van der Waals surface area (Å²) in [7, 11) is 1.63. The summed E-state index contributed by atoms with van der Waals surface area (Å²) in [6, 6.07) is 13.6. The Kier molecular flexibility index (Phi) is 5.36. The van der Waals surface area contributed by atoms with Crippen molar-refractivity contribution in [1.82, 2.24) is 13.9 Å². The van der Waals surface area contributed by atoms with Gasteiger partial charge in [-0.1, -0.05) is 6.07 Å². The van der Waals surface area contributed by atoms with Crippen molar-refractivity contribution < 1.29 is 0 Å². The Hall–Kier alpha value is -1.84. The van der Waals surface area contributed by atoms with Gasteiger partial charge in [0.15, 0.2) is 5.65 Å². The molecule has 3 aromatic heterocycles. The van der Waals surface area contributed by atoms with E-state index in [2.05, 4.69) is 77.0 Å². The zero-order chi connectivity index (χ0) is 19.8. The highest BCUT2D eigenvalue weighted by Gasteiger charge is 2.19. The van der Waals surface area contributed by atoms with Crippen molar-refractivity contribution >= 4 is 57.9 Å². The maximum absolute atomic E-state index is 6.08. The molecule has 0 unspecified atom stereocenters. The van der Waals surface area contributed by atoms with Gasteiger partial charge in [-0.2, -0.15) is 0 Å². The van der Waals surface area contributed by atoms with E-state index in [-0.39, 0.29) is 0 Å². The van der Waals surface area contributed by atoms with Crippen LogP contribution in [0.25, 0.3) is 33.1 Å². The molecular weight excluding hydrogens is 493 g/mol. The van der Waals surface area contributed by atoms with Crippen LogP contribution in [0, 0.1) is 0 Å². The lowest BCUT2D eigenvalue weighted by Gasteiger charge is -2.28. The Morgan fingerprint density at radius 3 is 2.72 bits per heavy atom. The molecule has 3 N–H and O–H groups in total. The second-order valence-corrected chi connectivity index (χ2v) is 9.37. The van der Waals surface area contributed by atoms with E-state index < -0.39 is 0 Å². The number of anilines is 1. The van der Waals surface area contributed by atoms with Crippen molar-refractivity contribution in [3.8, 4) is 11.1 Å². The first-order valence-corrected chi connectivity index (χ1v) is 13.2. The molecule has 1 aliphatic rings. The Morgan fingerprint density at radius 1 is 1.03 bits per heavy atom. The van der Waals surface area contributed by atoms with Crippen molar-refractivity contribution in [1.29, 1.82) is 0 Å². The summed E-state index contributed by atoms with van der Waals surface area (Å²) in [5.74, 6) is 0. The number of nitrogens with two attached hydrogens (primary N) is 1. The molecule has 1 fully saturated rings. The zero-order valence-electron chi connectivity index (χ0n) is 15.9. The molecule has 5 rings (SSSR count). The lowest BCUT2D eigenvalue weighted by molar-refractivity contribution is 0.411. The number of fused-ring (bicyclic) bond motifs is 2. The average Bonchev–Trinajstić information content (AvgIpc) is 3.14. The first-order chi connectivity index (χ1) is 14.2. The van der Waals surface area contributed by atoms with Crippen LogP contribution in [0.2, 0.25) is 0 Å². The first-order valence-electron chi connectivity index (χ1n) is 9.89. The van der Waals surface area contributed by atoms with Gasteiger partial charge in [0.25, 0.3) is 0 Å². The summed E-state index contributed by atoms with van der Waals surface area (Å²) in [5, 5.41) is 6.08. The monoisotopic (exact) mass is 515 g/mol. The minimum Gasteiger partial charge on any atom is -0.382 e. The molecule has 4 aromatic rings. The fourth-order valence-electron chi connectivity index (χ4n) is 4.24. The quantitative estimate of drug-likeness (QED) is 0.338. The largest absolute Gasteiger partial charge is 0.382 e. The third-order valence-electron chi connectivity index (χ3n) is 5.79. The molecular formula is C22H22IN5S. The topological polar surface area (TPSA) is 68.8 Å². The van der Waals surface area contributed by atoms with Crippen LogP contribution in [0.3, 0.4) is 0 Å². The van der Waals surface area contributed by atoms with Crippen molar-refractivity contribution in [2.24, 2.45) is 5.73 Å². The molecule has 1 saturated carbocycles. The fraction of sp³-hybridized carbons (Fsp3) is 0.273. The van der Waals surface area contributed by atoms with Gasteiger partial charge in [0.05, 0.1) is 5.52 Å². The number of benzene rings is 1. The molecule has 0 bridgehead atoms. The third-order valence-corrected chi connectivity index (χ3v) is 7.49. The highest BCUT2D eigenvalue weighted by atomic mass is 127. The van der Waals surface area contributed by atoms with Gasteiger partial charge in [0.2, 0.25) is 0 Å². The number of hydrogen-bond donors (Lipinski definition) is 2. The SMILES string of the molecule is N[C@H]1CC[C@H](Nc2ccnc3ccc(-c4cn(SI)c5ncccc45)cc23)CC1. The summed E-state index contributed by atoms with van der Waals surface area (Å²) >= 11 is 2.30. The van der Waals surface area contributed by atoms with Gasteiger partial charge < -0.3 is 11.1 Å². The molecule has 0 amide bonds. The maximum Gasteiger partial charge on any atom is 0.151 e. The van der Waals surface area contributed by atoms with Crippen LogP contribution < -0.4 is 11.1 Å². The van der Waals surface area contributed by atoms with Crippen LogP contribution in [-0.2, 0) is 0 Å². The lowest BCUT2D eigenvalue weighted by atomic mass is 9.91. The second kappa shape index (κ2) is 8.12. The van der Waals surface area contributed by atoms with Crippen LogP contribution in [0.4, 0.5) is 5.69 Å². The molecule has 0 saturated heterocycles. The number of halogens is 1. The standard InChI is InChI=1S/C22H22IN5S/c23-29-28-13-19(17-2-1-10-26-22(17)28)14-3-8-20-18(12-14)21(9-11-25-20)27-16-6-4-15(24)5-7-16/h1-3,8-13,15-16H,4-7,24H2,(H,25,27)/t15-,16-. The second-order valence-electron chi connectivity index (χ2n) is 7.66. The molecule has 0 spiro atoms. The smallest absolute Gasteiger partial charge is 0.151 e. The molecule has 0 aliphatic heterocycles. The molecule has 5 nitrogen and oxygen atoms in total. The molecule has 0 radical (unpaired) electrons. The van der Waals surface area contributed by atoms with Gasteiger partial charge in [-0.05, 0) is 61.6 Å². The van der Waals surface area contributed by atoms with Gasteiger partial charge in [0.1, 0.15) is 0 Å². The van der Waals surface area contributed by atoms with Crippen molar-refractivity contribution in [3.63, 3.8) is 0 Å². The normalized spacial score (nSPS) is 19.7. The fourth-order valence-corrected chi connectivity index (χ4v) is 5.49. The molecule has 1 aromatic carbocycles. The van der Waals surface area contributed by atoms with Gasteiger partial charge in [0, 0.05) is 83.0 Å². The summed E-state index contributed by atoms with van der Waals surface area (Å²) in [4.78, 5) is 9.15. The van der Waals surface area contributed by atoms with Gasteiger partial charge in [-0.25, -0.2) is 4.98 Å². The van der Waals surface area contributed by atoms with Crippen LogP contribution in [0.1, 0.15) is 25.7 Å². The number of nitrogens with one attached hydrogen (secondary N) is 1. The first kappa shape index (κ1) is 19.1. The van der Waals surface area contributed by atoms with E-state index in [1.54, 1.807) is 9.12 Å². The van der Waals surface area contributed by atoms with Crippen LogP contribution in [0.5, 0.6) is 0 Å². The molecule has 1 aliphatic carbocycles. The summed E-state index contributed by atoms with van der Waals surface area (Å²) < 4.78 is 2.11. The Labute approximate surface area is 186 Å². The van der Waals surface area contributed by atoms with E-state index in [1.165, 1.54) is 11.1 Å². The van der Waals surface area contributed by atoms with E-state index in [1.807, 2.05) is 18.5 Å². The van der Waals surface area contributed by atoms with E-state index in [0.29, 0.717) is 12.1 Å². The number of rotatable bonds is 4. The Morgan fingerprint density at radius 2 is 1.90 bits per heavy atom. The summed E-state index contributed by atoms with van der Waals surface area (Å²) in [6.07, 6.45) is 10.3. The van der Waals surface area contributed by atoms with Crippen molar-refractivity contribution in [2.75, 3.05) is 5.32 Å². The highest BCUT2D eigenvalue weighted by Crippen LogP contribution is 2.36. The minimum atomic E-state index is 0.357. The van der Waals surface area contributed by atoms with E-state index in [0.717, 1.165) is 53.3 Å². The minimum absolute atomic E-state index is 0.357. The van der Waals surface area contributed by atoms with Crippen molar-refractivity contribution in [3.05, 3.63) is 55.0 Å². The van der Waals surface area contributed by atoms with E-state index in [4.69, 9.17) is 5.73 Å². The highest BCUT2D eigenvalue weighted by molar-refractivity contribution is 14.2. The third kappa shape index (κ3) is 3.71. The Balaban J connectivity index is 1.57. The van der Waals surface area contributed by atoms with Crippen LogP contribution in [-0.4, -0.2) is 26.0 Å². The predicted octanol–water partition coefficient (Wildman–Crippen LogP) is 5.78. The van der Waals surface area contributed by atoms with Gasteiger partial charge in [-0.3, -0.25) is 8.96 Å². The van der Waals surface area contributed by atoms with Crippen LogP contribution in [0.15, 0.2) is 55.0 Å². The van der Waals surface area contributed by atoms with E-state index >= 15 is 0 Å². The van der Waals surface area contributed by atoms with Crippen LogP contribution >= 0.6 is 30.3 Å². The lowest BCUT2D eigenvalue weighted by Crippen LogP contribution is -2.32. The predicted molar refractivity (Wildman–Crippen MR) is 131 cm³/mol. The molecule has 148 valence electrons. The Bertz CT molecular complexity index is 1170. The van der Waals surface area contributed by atoms with Gasteiger partial charge >= 0.3 is 0 Å². The molecule has 0 atom stereocenters. The summed E-state index contributed by atoms with van der Waals surface area (Å²) in [6.45, 7) is 0. The maximum atomic E-state index is 6.08.